The summed E-state index contributed by atoms with van der Waals surface area (Å²) in [7, 11) is 1.38. The Kier molecular flexibility index (Phi) is 5.82. The summed E-state index contributed by atoms with van der Waals surface area (Å²) in [5.74, 6) is -6.52. The predicted molar refractivity (Wildman–Crippen MR) is 59.9 cm³/mol. The minimum Gasteiger partial charge on any atom is -0.373 e. The number of alkyl halides is 4. The van der Waals surface area contributed by atoms with Crippen molar-refractivity contribution in [2.45, 2.75) is 18.4 Å². The number of likely N-dealkylation sites (N-methyl/N-ethyl adjacent to an activating group) is 1. The molecule has 0 aliphatic heterocycles. The van der Waals surface area contributed by atoms with Crippen molar-refractivity contribution >= 4 is 0 Å². The van der Waals surface area contributed by atoms with E-state index < -0.39 is 43.2 Å². The Bertz CT molecular complexity index is 440. The Morgan fingerprint density at radius 1 is 1.25 bits per heavy atom. The van der Waals surface area contributed by atoms with Crippen LogP contribution < -0.4 is 5.32 Å². The van der Waals surface area contributed by atoms with Gasteiger partial charge in [0.15, 0.2) is 11.6 Å². The van der Waals surface area contributed by atoms with Gasteiger partial charge in [-0.15, -0.1) is 0 Å². The highest BCUT2D eigenvalue weighted by Crippen LogP contribution is 2.24. The van der Waals surface area contributed by atoms with Crippen molar-refractivity contribution in [3.8, 4) is 0 Å². The van der Waals surface area contributed by atoms with Gasteiger partial charge in [-0.05, 0) is 13.1 Å². The molecule has 114 valence electrons. The first-order chi connectivity index (χ1) is 9.29. The van der Waals surface area contributed by atoms with Gasteiger partial charge in [-0.1, -0.05) is 12.1 Å². The van der Waals surface area contributed by atoms with E-state index in [4.69, 9.17) is 0 Å². The number of halogens is 6. The standard InChI is InChI=1S/C12H13F6NO/c1-19-9(5-20-6-12(17,18)11(15)16)7-3-2-4-8(13)10(7)14/h2-4,9,11,19H,5-6H2,1H3. The summed E-state index contributed by atoms with van der Waals surface area (Å²) in [5, 5.41) is 2.54. The molecule has 8 heteroatoms. The summed E-state index contributed by atoms with van der Waals surface area (Å²) in [5.41, 5.74) is -0.132. The fourth-order valence-electron chi connectivity index (χ4n) is 1.49. The summed E-state index contributed by atoms with van der Waals surface area (Å²) < 4.78 is 80.0. The fourth-order valence-corrected chi connectivity index (χ4v) is 1.49. The van der Waals surface area contributed by atoms with E-state index in [-0.39, 0.29) is 5.56 Å². The van der Waals surface area contributed by atoms with Crippen LogP contribution in [0.2, 0.25) is 0 Å². The van der Waals surface area contributed by atoms with Gasteiger partial charge in [-0.3, -0.25) is 0 Å². The van der Waals surface area contributed by atoms with Crippen LogP contribution in [-0.2, 0) is 4.74 Å². The molecule has 1 atom stereocenters. The molecule has 1 aromatic rings. The number of nitrogens with one attached hydrogen (secondary N) is 1. The molecule has 0 aliphatic carbocycles. The summed E-state index contributed by atoms with van der Waals surface area (Å²) in [4.78, 5) is 0. The van der Waals surface area contributed by atoms with E-state index in [1.807, 2.05) is 0 Å². The molecule has 0 bridgehead atoms. The largest absolute Gasteiger partial charge is 0.373 e. The van der Waals surface area contributed by atoms with Gasteiger partial charge in [0.2, 0.25) is 0 Å². The lowest BCUT2D eigenvalue weighted by Crippen LogP contribution is -2.34. The maximum atomic E-state index is 13.5. The van der Waals surface area contributed by atoms with Gasteiger partial charge in [0.25, 0.3) is 0 Å². The van der Waals surface area contributed by atoms with E-state index in [0.717, 1.165) is 6.07 Å². The zero-order valence-corrected chi connectivity index (χ0v) is 10.5. The van der Waals surface area contributed by atoms with Gasteiger partial charge in [-0.25, -0.2) is 17.6 Å². The molecule has 0 spiro atoms. The lowest BCUT2D eigenvalue weighted by molar-refractivity contribution is -0.167. The van der Waals surface area contributed by atoms with Gasteiger partial charge in [0, 0.05) is 5.56 Å². The van der Waals surface area contributed by atoms with Gasteiger partial charge in [0.1, 0.15) is 6.61 Å². The number of hydrogen-bond acceptors (Lipinski definition) is 2. The zero-order chi connectivity index (χ0) is 15.3. The summed E-state index contributed by atoms with van der Waals surface area (Å²) in [6.07, 6.45) is -3.85. The highest BCUT2D eigenvalue weighted by Gasteiger charge is 2.41. The smallest absolute Gasteiger partial charge is 0.330 e. The molecule has 0 fully saturated rings. The molecule has 0 aliphatic rings. The van der Waals surface area contributed by atoms with Crippen LogP contribution >= 0.6 is 0 Å². The fraction of sp³-hybridized carbons (Fsp3) is 0.500. The van der Waals surface area contributed by atoms with Crippen molar-refractivity contribution in [2.24, 2.45) is 0 Å². The monoisotopic (exact) mass is 301 g/mol. The van der Waals surface area contributed by atoms with Crippen LogP contribution in [0.25, 0.3) is 0 Å². The number of benzene rings is 1. The highest BCUT2D eigenvalue weighted by atomic mass is 19.3. The van der Waals surface area contributed by atoms with Crippen LogP contribution in [0.5, 0.6) is 0 Å². The van der Waals surface area contributed by atoms with Crippen molar-refractivity contribution < 1.29 is 31.1 Å². The Balaban J connectivity index is 2.67. The first-order valence-electron chi connectivity index (χ1n) is 5.64. The third kappa shape index (κ3) is 4.11. The van der Waals surface area contributed by atoms with Crippen LogP contribution in [0.1, 0.15) is 11.6 Å². The van der Waals surface area contributed by atoms with Crippen molar-refractivity contribution in [1.82, 2.24) is 5.32 Å². The SMILES string of the molecule is CNC(COCC(F)(F)C(F)F)c1cccc(F)c1F. The van der Waals surface area contributed by atoms with E-state index in [2.05, 4.69) is 10.1 Å². The molecule has 0 radical (unpaired) electrons. The maximum absolute atomic E-state index is 13.5. The molecule has 0 amide bonds. The van der Waals surface area contributed by atoms with Crippen LogP contribution in [0, 0.1) is 11.6 Å². The summed E-state index contributed by atoms with van der Waals surface area (Å²) in [6, 6.07) is 2.45. The van der Waals surface area contributed by atoms with Crippen LogP contribution in [0.4, 0.5) is 26.3 Å². The molecule has 0 saturated heterocycles. The van der Waals surface area contributed by atoms with Gasteiger partial charge in [-0.2, -0.15) is 8.78 Å². The molecular weight excluding hydrogens is 288 g/mol. The number of hydrogen-bond donors (Lipinski definition) is 1. The van der Waals surface area contributed by atoms with Crippen molar-refractivity contribution in [1.29, 1.82) is 0 Å². The normalized spacial score (nSPS) is 13.8. The van der Waals surface area contributed by atoms with E-state index >= 15 is 0 Å². The average molecular weight is 301 g/mol. The van der Waals surface area contributed by atoms with Crippen molar-refractivity contribution in [3.63, 3.8) is 0 Å². The third-order valence-corrected chi connectivity index (χ3v) is 2.60. The lowest BCUT2D eigenvalue weighted by atomic mass is 10.1. The second kappa shape index (κ2) is 6.94. The molecule has 2 nitrogen and oxygen atoms in total. The minimum atomic E-state index is -4.28. The number of ether oxygens (including phenoxy) is 1. The number of rotatable bonds is 7. The molecule has 0 saturated carbocycles. The van der Waals surface area contributed by atoms with E-state index in [1.165, 1.54) is 19.2 Å². The molecule has 20 heavy (non-hydrogen) atoms. The first-order valence-corrected chi connectivity index (χ1v) is 5.64. The van der Waals surface area contributed by atoms with Gasteiger partial charge in [0.05, 0.1) is 12.6 Å². The highest BCUT2D eigenvalue weighted by molar-refractivity contribution is 5.22. The van der Waals surface area contributed by atoms with Crippen LogP contribution in [0.3, 0.4) is 0 Å². The molecule has 1 aromatic carbocycles. The van der Waals surface area contributed by atoms with Crippen molar-refractivity contribution in [3.05, 3.63) is 35.4 Å². The Morgan fingerprint density at radius 2 is 1.90 bits per heavy atom. The zero-order valence-electron chi connectivity index (χ0n) is 10.5. The molecule has 1 rings (SSSR count). The third-order valence-electron chi connectivity index (χ3n) is 2.60. The Hall–Kier alpha value is -1.28. The van der Waals surface area contributed by atoms with E-state index in [0.29, 0.717) is 0 Å². The van der Waals surface area contributed by atoms with Crippen molar-refractivity contribution in [2.75, 3.05) is 20.3 Å². The second-order valence-corrected chi connectivity index (χ2v) is 4.06. The summed E-state index contributed by atoms with van der Waals surface area (Å²) >= 11 is 0. The second-order valence-electron chi connectivity index (χ2n) is 4.06. The quantitative estimate of drug-likeness (QED) is 0.781. The first kappa shape index (κ1) is 16.8. The molecule has 0 heterocycles. The minimum absolute atomic E-state index is 0.132. The van der Waals surface area contributed by atoms with E-state index in [1.54, 1.807) is 0 Å². The Morgan fingerprint density at radius 3 is 2.45 bits per heavy atom. The van der Waals surface area contributed by atoms with Gasteiger partial charge < -0.3 is 10.1 Å². The maximum Gasteiger partial charge on any atom is 0.330 e. The Labute approximate surface area is 111 Å². The van der Waals surface area contributed by atoms with Crippen LogP contribution in [0.15, 0.2) is 18.2 Å². The van der Waals surface area contributed by atoms with E-state index in [9.17, 15) is 26.3 Å². The summed E-state index contributed by atoms with van der Waals surface area (Å²) in [6.45, 7) is -2.00. The molecule has 0 aromatic heterocycles. The topological polar surface area (TPSA) is 21.3 Å². The molecule has 1 unspecified atom stereocenters. The molecule has 1 N–H and O–H groups in total. The average Bonchev–Trinajstić information content (AvgIpc) is 2.38. The van der Waals surface area contributed by atoms with Gasteiger partial charge >= 0.3 is 12.3 Å². The van der Waals surface area contributed by atoms with Crippen LogP contribution in [-0.4, -0.2) is 32.6 Å². The lowest BCUT2D eigenvalue weighted by Gasteiger charge is -2.20. The predicted octanol–water partition coefficient (Wildman–Crippen LogP) is 3.14. The molecular formula is C12H13F6NO.